The summed E-state index contributed by atoms with van der Waals surface area (Å²) < 4.78 is 1.73. The van der Waals surface area contributed by atoms with Crippen LogP contribution in [0.1, 0.15) is 17.4 Å². The van der Waals surface area contributed by atoms with E-state index in [0.717, 1.165) is 0 Å². The highest BCUT2D eigenvalue weighted by Gasteiger charge is 2.14. The Kier molecular flexibility index (Phi) is 3.57. The molecule has 1 unspecified atom stereocenters. The van der Waals surface area contributed by atoms with E-state index < -0.39 is 5.91 Å². The van der Waals surface area contributed by atoms with Crippen LogP contribution in [-0.4, -0.2) is 31.8 Å². The van der Waals surface area contributed by atoms with Gasteiger partial charge in [-0.25, -0.2) is 4.98 Å². The standard InChI is InChI=1S/C12H14N4O2/c1-9(8-16-7-3-6-14-16)15-12(18)11-10(17)4-2-5-13-11/h2-7,9,17H,8H2,1H3,(H,15,18). The predicted molar refractivity (Wildman–Crippen MR) is 65.1 cm³/mol. The summed E-state index contributed by atoms with van der Waals surface area (Å²) in [5, 5.41) is 16.3. The van der Waals surface area contributed by atoms with Gasteiger partial charge in [-0.05, 0) is 25.1 Å². The van der Waals surface area contributed by atoms with E-state index >= 15 is 0 Å². The van der Waals surface area contributed by atoms with Gasteiger partial charge < -0.3 is 10.4 Å². The van der Waals surface area contributed by atoms with Gasteiger partial charge in [0, 0.05) is 24.6 Å². The summed E-state index contributed by atoms with van der Waals surface area (Å²) in [6, 6.07) is 4.71. The van der Waals surface area contributed by atoms with E-state index in [-0.39, 0.29) is 17.5 Å². The molecule has 0 radical (unpaired) electrons. The highest BCUT2D eigenvalue weighted by atomic mass is 16.3. The zero-order chi connectivity index (χ0) is 13.0. The average molecular weight is 246 g/mol. The second kappa shape index (κ2) is 5.31. The van der Waals surface area contributed by atoms with Crippen LogP contribution in [0.5, 0.6) is 5.75 Å². The van der Waals surface area contributed by atoms with Gasteiger partial charge in [-0.2, -0.15) is 5.10 Å². The third kappa shape index (κ3) is 2.85. The molecule has 0 spiro atoms. The molecule has 2 heterocycles. The second-order valence-electron chi connectivity index (χ2n) is 3.97. The van der Waals surface area contributed by atoms with E-state index in [1.807, 2.05) is 19.2 Å². The molecule has 1 atom stereocenters. The fourth-order valence-corrected chi connectivity index (χ4v) is 1.60. The van der Waals surface area contributed by atoms with Crippen LogP contribution < -0.4 is 5.32 Å². The van der Waals surface area contributed by atoms with Crippen LogP contribution in [0.2, 0.25) is 0 Å². The zero-order valence-corrected chi connectivity index (χ0v) is 9.95. The number of aromatic hydroxyl groups is 1. The van der Waals surface area contributed by atoms with Crippen molar-refractivity contribution in [3.05, 3.63) is 42.5 Å². The summed E-state index contributed by atoms with van der Waals surface area (Å²) in [6.07, 6.45) is 4.97. The molecule has 2 N–H and O–H groups in total. The van der Waals surface area contributed by atoms with E-state index in [0.29, 0.717) is 6.54 Å². The largest absolute Gasteiger partial charge is 0.505 e. The fraction of sp³-hybridized carbons (Fsp3) is 0.250. The molecule has 0 fully saturated rings. The summed E-state index contributed by atoms with van der Waals surface area (Å²) in [5.74, 6) is -0.519. The number of aromatic nitrogens is 3. The van der Waals surface area contributed by atoms with Crippen molar-refractivity contribution in [2.24, 2.45) is 0 Å². The molecular weight excluding hydrogens is 232 g/mol. The molecule has 0 aromatic carbocycles. The van der Waals surface area contributed by atoms with Crippen LogP contribution in [-0.2, 0) is 6.54 Å². The van der Waals surface area contributed by atoms with Crippen molar-refractivity contribution in [3.63, 3.8) is 0 Å². The molecule has 18 heavy (non-hydrogen) atoms. The van der Waals surface area contributed by atoms with Crippen LogP contribution in [0.4, 0.5) is 0 Å². The van der Waals surface area contributed by atoms with Crippen molar-refractivity contribution >= 4 is 5.91 Å². The lowest BCUT2D eigenvalue weighted by atomic mass is 10.2. The first-order valence-electron chi connectivity index (χ1n) is 5.59. The molecule has 94 valence electrons. The van der Waals surface area contributed by atoms with E-state index in [9.17, 15) is 9.90 Å². The topological polar surface area (TPSA) is 80.0 Å². The molecular formula is C12H14N4O2. The Balaban J connectivity index is 1.97. The van der Waals surface area contributed by atoms with Gasteiger partial charge >= 0.3 is 0 Å². The maximum Gasteiger partial charge on any atom is 0.274 e. The Bertz CT molecular complexity index is 525. The SMILES string of the molecule is CC(Cn1cccn1)NC(=O)c1ncccc1O. The van der Waals surface area contributed by atoms with Gasteiger partial charge in [0.1, 0.15) is 5.75 Å². The Hall–Kier alpha value is -2.37. The van der Waals surface area contributed by atoms with Gasteiger partial charge in [-0.1, -0.05) is 0 Å². The summed E-state index contributed by atoms with van der Waals surface area (Å²) in [4.78, 5) is 15.7. The molecule has 2 aromatic heterocycles. The number of amides is 1. The molecule has 0 aliphatic rings. The minimum atomic E-state index is -0.396. The number of carbonyl (C=O) groups is 1. The predicted octanol–water partition coefficient (Wildman–Crippen LogP) is 0.802. The van der Waals surface area contributed by atoms with Gasteiger partial charge in [0.15, 0.2) is 5.69 Å². The molecule has 6 nitrogen and oxygen atoms in total. The van der Waals surface area contributed by atoms with Crippen molar-refractivity contribution < 1.29 is 9.90 Å². The van der Waals surface area contributed by atoms with E-state index in [1.165, 1.54) is 12.3 Å². The average Bonchev–Trinajstić information content (AvgIpc) is 2.82. The number of nitrogens with one attached hydrogen (secondary N) is 1. The molecule has 0 saturated carbocycles. The van der Waals surface area contributed by atoms with E-state index in [4.69, 9.17) is 0 Å². The van der Waals surface area contributed by atoms with Crippen LogP contribution >= 0.6 is 0 Å². The zero-order valence-electron chi connectivity index (χ0n) is 9.95. The Morgan fingerprint density at radius 2 is 2.33 bits per heavy atom. The van der Waals surface area contributed by atoms with Crippen molar-refractivity contribution in [2.75, 3.05) is 0 Å². The Morgan fingerprint density at radius 1 is 1.50 bits per heavy atom. The normalized spacial score (nSPS) is 12.1. The van der Waals surface area contributed by atoms with Crippen molar-refractivity contribution in [3.8, 4) is 5.75 Å². The van der Waals surface area contributed by atoms with Crippen LogP contribution in [0.3, 0.4) is 0 Å². The highest BCUT2D eigenvalue weighted by Crippen LogP contribution is 2.12. The molecule has 0 aliphatic heterocycles. The molecule has 1 amide bonds. The lowest BCUT2D eigenvalue weighted by Crippen LogP contribution is -2.36. The number of hydrogen-bond acceptors (Lipinski definition) is 4. The maximum absolute atomic E-state index is 11.8. The van der Waals surface area contributed by atoms with Crippen LogP contribution in [0.15, 0.2) is 36.8 Å². The molecule has 0 aliphatic carbocycles. The summed E-state index contributed by atoms with van der Waals surface area (Å²) in [5.41, 5.74) is 0.0322. The summed E-state index contributed by atoms with van der Waals surface area (Å²) in [7, 11) is 0. The highest BCUT2D eigenvalue weighted by molar-refractivity contribution is 5.94. The van der Waals surface area contributed by atoms with Crippen molar-refractivity contribution in [2.45, 2.75) is 19.5 Å². The van der Waals surface area contributed by atoms with Crippen molar-refractivity contribution in [1.82, 2.24) is 20.1 Å². The molecule has 0 bridgehead atoms. The first-order chi connectivity index (χ1) is 8.66. The first-order valence-corrected chi connectivity index (χ1v) is 5.59. The number of hydrogen-bond donors (Lipinski definition) is 2. The number of pyridine rings is 1. The van der Waals surface area contributed by atoms with Gasteiger partial charge in [-0.3, -0.25) is 9.48 Å². The fourth-order valence-electron chi connectivity index (χ4n) is 1.60. The van der Waals surface area contributed by atoms with Gasteiger partial charge in [0.2, 0.25) is 0 Å². The minimum Gasteiger partial charge on any atom is -0.505 e. The number of nitrogens with zero attached hydrogens (tertiary/aromatic N) is 3. The summed E-state index contributed by atoms with van der Waals surface area (Å²) in [6.45, 7) is 2.42. The smallest absolute Gasteiger partial charge is 0.274 e. The van der Waals surface area contributed by atoms with Gasteiger partial charge in [0.25, 0.3) is 5.91 Å². The molecule has 2 aromatic rings. The second-order valence-corrected chi connectivity index (χ2v) is 3.97. The van der Waals surface area contributed by atoms with Crippen LogP contribution in [0, 0.1) is 0 Å². The number of rotatable bonds is 4. The molecule has 6 heteroatoms. The summed E-state index contributed by atoms with van der Waals surface area (Å²) >= 11 is 0. The number of carbonyl (C=O) groups excluding carboxylic acids is 1. The van der Waals surface area contributed by atoms with E-state index in [2.05, 4.69) is 15.4 Å². The monoisotopic (exact) mass is 246 g/mol. The first kappa shape index (κ1) is 12.1. The van der Waals surface area contributed by atoms with Crippen molar-refractivity contribution in [1.29, 1.82) is 0 Å². The van der Waals surface area contributed by atoms with Gasteiger partial charge in [0.05, 0.1) is 6.54 Å². The Labute approximate surface area is 104 Å². The quantitative estimate of drug-likeness (QED) is 0.836. The third-order valence-corrected chi connectivity index (χ3v) is 2.40. The lowest BCUT2D eigenvalue weighted by Gasteiger charge is -2.13. The van der Waals surface area contributed by atoms with Crippen LogP contribution in [0.25, 0.3) is 0 Å². The lowest BCUT2D eigenvalue weighted by molar-refractivity contribution is 0.0928. The molecule has 0 saturated heterocycles. The third-order valence-electron chi connectivity index (χ3n) is 2.40. The van der Waals surface area contributed by atoms with Gasteiger partial charge in [-0.15, -0.1) is 0 Å². The maximum atomic E-state index is 11.8. The Morgan fingerprint density at radius 3 is 3.00 bits per heavy atom. The minimum absolute atomic E-state index is 0.0322. The molecule has 2 rings (SSSR count). The van der Waals surface area contributed by atoms with E-state index in [1.54, 1.807) is 16.9 Å².